The molecular weight excluding hydrogens is 220 g/mol. The minimum absolute atomic E-state index is 0.157. The van der Waals surface area contributed by atoms with E-state index in [4.69, 9.17) is 10.2 Å². The first kappa shape index (κ1) is 9.52. The lowest BCUT2D eigenvalue weighted by Crippen LogP contribution is -2.04. The third kappa shape index (κ3) is 1.73. The fourth-order valence-corrected chi connectivity index (χ4v) is 1.45. The molecule has 3 aromatic heterocycles. The fraction of sp³-hybridized carbons (Fsp3) is 0. The van der Waals surface area contributed by atoms with Crippen molar-refractivity contribution in [3.05, 3.63) is 36.9 Å². The van der Waals surface area contributed by atoms with Gasteiger partial charge in [0.05, 0.1) is 18.7 Å². The fourth-order valence-electron chi connectivity index (χ4n) is 1.45. The molecule has 0 bridgehead atoms. The Kier molecular flexibility index (Phi) is 2.08. The molecule has 2 N–H and O–H groups in total. The van der Waals surface area contributed by atoms with Gasteiger partial charge in [0, 0.05) is 6.07 Å². The number of rotatable bonds is 2. The molecule has 0 spiro atoms. The van der Waals surface area contributed by atoms with Crippen LogP contribution in [0, 0.1) is 0 Å². The van der Waals surface area contributed by atoms with Gasteiger partial charge in [0.25, 0.3) is 0 Å². The Labute approximate surface area is 95.9 Å². The lowest BCUT2D eigenvalue weighted by Gasteiger charge is -2.03. The zero-order chi connectivity index (χ0) is 11.7. The molecule has 0 saturated carbocycles. The van der Waals surface area contributed by atoms with Crippen molar-refractivity contribution in [3.63, 3.8) is 0 Å². The lowest BCUT2D eigenvalue weighted by molar-refractivity contribution is 0.579. The Morgan fingerprint density at radius 3 is 2.94 bits per heavy atom. The van der Waals surface area contributed by atoms with Crippen LogP contribution in [0.25, 0.3) is 17.3 Å². The van der Waals surface area contributed by atoms with Crippen molar-refractivity contribution in [2.45, 2.75) is 0 Å². The zero-order valence-electron chi connectivity index (χ0n) is 8.69. The Morgan fingerprint density at radius 2 is 2.24 bits per heavy atom. The van der Waals surface area contributed by atoms with Gasteiger partial charge in [0.15, 0.2) is 11.6 Å². The van der Waals surface area contributed by atoms with Gasteiger partial charge in [-0.15, -0.1) is 5.10 Å². The highest BCUT2D eigenvalue weighted by atomic mass is 16.3. The Hall–Kier alpha value is -2.70. The number of anilines is 1. The van der Waals surface area contributed by atoms with Crippen LogP contribution >= 0.6 is 0 Å². The molecule has 0 fully saturated rings. The molecule has 0 saturated heterocycles. The van der Waals surface area contributed by atoms with E-state index in [0.29, 0.717) is 17.3 Å². The highest BCUT2D eigenvalue weighted by Gasteiger charge is 2.08. The molecule has 0 atom stereocenters. The highest BCUT2D eigenvalue weighted by molar-refractivity contribution is 5.56. The quantitative estimate of drug-likeness (QED) is 0.700. The second-order valence-corrected chi connectivity index (χ2v) is 3.29. The summed E-state index contributed by atoms with van der Waals surface area (Å²) < 4.78 is 6.76. The molecular formula is C10H8N6O. The van der Waals surface area contributed by atoms with Gasteiger partial charge >= 0.3 is 0 Å². The summed E-state index contributed by atoms with van der Waals surface area (Å²) in [6, 6.07) is 5.31. The molecule has 0 aliphatic heterocycles. The zero-order valence-corrected chi connectivity index (χ0v) is 8.69. The predicted molar refractivity (Wildman–Crippen MR) is 59.1 cm³/mol. The van der Waals surface area contributed by atoms with E-state index in [1.807, 2.05) is 0 Å². The van der Waals surface area contributed by atoms with Gasteiger partial charge in [-0.1, -0.05) is 5.21 Å². The van der Waals surface area contributed by atoms with Crippen molar-refractivity contribution >= 4 is 5.95 Å². The molecule has 0 aliphatic carbocycles. The van der Waals surface area contributed by atoms with Gasteiger partial charge in [0.1, 0.15) is 5.69 Å². The van der Waals surface area contributed by atoms with Crippen LogP contribution < -0.4 is 5.73 Å². The smallest absolute Gasteiger partial charge is 0.222 e. The van der Waals surface area contributed by atoms with Crippen molar-refractivity contribution in [1.82, 2.24) is 25.0 Å². The minimum Gasteiger partial charge on any atom is -0.463 e. The predicted octanol–water partition coefficient (Wildman–Crippen LogP) is 0.899. The van der Waals surface area contributed by atoms with Crippen LogP contribution in [0.1, 0.15) is 0 Å². The van der Waals surface area contributed by atoms with Crippen molar-refractivity contribution in [2.24, 2.45) is 0 Å². The molecule has 7 nitrogen and oxygen atoms in total. The van der Waals surface area contributed by atoms with E-state index in [0.717, 1.165) is 0 Å². The number of furan rings is 1. The van der Waals surface area contributed by atoms with E-state index in [-0.39, 0.29) is 5.95 Å². The van der Waals surface area contributed by atoms with Crippen LogP contribution in [0.2, 0.25) is 0 Å². The van der Waals surface area contributed by atoms with Crippen molar-refractivity contribution in [2.75, 3.05) is 5.73 Å². The molecule has 0 radical (unpaired) electrons. The van der Waals surface area contributed by atoms with Gasteiger partial charge < -0.3 is 10.2 Å². The number of nitrogens with two attached hydrogens (primary N) is 1. The van der Waals surface area contributed by atoms with Crippen LogP contribution in [0.5, 0.6) is 0 Å². The molecule has 0 amide bonds. The van der Waals surface area contributed by atoms with E-state index in [1.165, 1.54) is 4.68 Å². The molecule has 3 heterocycles. The summed E-state index contributed by atoms with van der Waals surface area (Å²) in [6.45, 7) is 0. The summed E-state index contributed by atoms with van der Waals surface area (Å²) in [5.41, 5.74) is 6.25. The molecule has 3 rings (SSSR count). The van der Waals surface area contributed by atoms with Crippen LogP contribution in [-0.4, -0.2) is 25.0 Å². The summed E-state index contributed by atoms with van der Waals surface area (Å²) >= 11 is 0. The number of hydrogen-bond donors (Lipinski definition) is 1. The van der Waals surface area contributed by atoms with Gasteiger partial charge in [-0.3, -0.25) is 0 Å². The van der Waals surface area contributed by atoms with E-state index in [9.17, 15) is 0 Å². The van der Waals surface area contributed by atoms with Crippen molar-refractivity contribution in [3.8, 4) is 17.3 Å². The first-order chi connectivity index (χ1) is 8.33. The lowest BCUT2D eigenvalue weighted by atomic mass is 10.3. The number of nitrogen functional groups attached to an aromatic ring is 1. The normalized spacial score (nSPS) is 10.6. The summed E-state index contributed by atoms with van der Waals surface area (Å²) in [5, 5.41) is 7.55. The number of hydrogen-bond acceptors (Lipinski definition) is 6. The molecule has 0 aliphatic rings. The number of aromatic nitrogens is 5. The molecule has 3 aromatic rings. The van der Waals surface area contributed by atoms with Gasteiger partial charge in [0.2, 0.25) is 5.95 Å². The summed E-state index contributed by atoms with van der Waals surface area (Å²) in [5.74, 6) is 1.33. The van der Waals surface area contributed by atoms with Crippen LogP contribution in [0.15, 0.2) is 41.3 Å². The first-order valence-corrected chi connectivity index (χ1v) is 4.88. The third-order valence-corrected chi connectivity index (χ3v) is 2.16. The monoisotopic (exact) mass is 228 g/mol. The van der Waals surface area contributed by atoms with E-state index in [2.05, 4.69) is 20.3 Å². The summed E-state index contributed by atoms with van der Waals surface area (Å²) in [7, 11) is 0. The average Bonchev–Trinajstić information content (AvgIpc) is 3.02. The Bertz CT molecular complexity index is 564. The standard InChI is InChI=1S/C10H8N6O/c11-10-13-7(8-2-1-5-17-8)6-9(14-10)16-4-3-12-15-16/h1-6H,(H2,11,13,14). The number of nitrogens with zero attached hydrogens (tertiary/aromatic N) is 5. The summed E-state index contributed by atoms with van der Waals surface area (Å²) in [4.78, 5) is 8.17. The maximum absolute atomic E-state index is 5.65. The Balaban J connectivity index is 2.13. The van der Waals surface area contributed by atoms with Gasteiger partial charge in [-0.25, -0.2) is 9.67 Å². The van der Waals surface area contributed by atoms with Crippen molar-refractivity contribution in [1.29, 1.82) is 0 Å². The summed E-state index contributed by atoms with van der Waals surface area (Å²) in [6.07, 6.45) is 4.81. The highest BCUT2D eigenvalue weighted by Crippen LogP contribution is 2.19. The Morgan fingerprint density at radius 1 is 1.29 bits per heavy atom. The van der Waals surface area contributed by atoms with Crippen LogP contribution in [0.4, 0.5) is 5.95 Å². The topological polar surface area (TPSA) is 95.7 Å². The average molecular weight is 228 g/mol. The molecule has 0 unspecified atom stereocenters. The largest absolute Gasteiger partial charge is 0.463 e. The van der Waals surface area contributed by atoms with E-state index in [1.54, 1.807) is 36.9 Å². The van der Waals surface area contributed by atoms with Gasteiger partial charge in [-0.05, 0) is 12.1 Å². The second-order valence-electron chi connectivity index (χ2n) is 3.29. The van der Waals surface area contributed by atoms with E-state index >= 15 is 0 Å². The van der Waals surface area contributed by atoms with Crippen LogP contribution in [-0.2, 0) is 0 Å². The SMILES string of the molecule is Nc1nc(-c2ccco2)cc(-n2ccnn2)n1. The maximum Gasteiger partial charge on any atom is 0.222 e. The van der Waals surface area contributed by atoms with E-state index < -0.39 is 0 Å². The third-order valence-electron chi connectivity index (χ3n) is 2.16. The minimum atomic E-state index is 0.157. The van der Waals surface area contributed by atoms with Crippen molar-refractivity contribution < 1.29 is 4.42 Å². The van der Waals surface area contributed by atoms with Crippen LogP contribution in [0.3, 0.4) is 0 Å². The first-order valence-electron chi connectivity index (χ1n) is 4.88. The maximum atomic E-state index is 5.65. The van der Waals surface area contributed by atoms with Gasteiger partial charge in [-0.2, -0.15) is 4.98 Å². The molecule has 84 valence electrons. The molecule has 7 heteroatoms. The molecule has 0 aromatic carbocycles. The molecule has 17 heavy (non-hydrogen) atoms. The second kappa shape index (κ2) is 3.71.